The minimum atomic E-state index is -0.405. The highest BCUT2D eigenvalue weighted by molar-refractivity contribution is 5.75. The summed E-state index contributed by atoms with van der Waals surface area (Å²) in [6.45, 7) is 4.13. The van der Waals surface area contributed by atoms with Gasteiger partial charge in [0.15, 0.2) is 6.61 Å². The largest absolute Gasteiger partial charge is 0.862 e. The first-order valence-electron chi connectivity index (χ1n) is 8.37. The maximum absolute atomic E-state index is 11.8. The smallest absolute Gasteiger partial charge is 0.212 e. The third kappa shape index (κ3) is 9.50. The molecular formula is C18H31N2O4+. The number of ether oxygens (including phenoxy) is 2. The van der Waals surface area contributed by atoms with Crippen LogP contribution in [0.15, 0.2) is 29.3 Å². The molecule has 0 aliphatic heterocycles. The van der Waals surface area contributed by atoms with E-state index in [2.05, 4.69) is 4.99 Å². The van der Waals surface area contributed by atoms with Crippen molar-refractivity contribution in [2.24, 2.45) is 4.99 Å². The van der Waals surface area contributed by atoms with Gasteiger partial charge in [-0.1, -0.05) is 6.92 Å². The Morgan fingerprint density at radius 2 is 1.88 bits per heavy atom. The topological polar surface area (TPSA) is 76.8 Å². The van der Waals surface area contributed by atoms with Gasteiger partial charge in [0.1, 0.15) is 12.4 Å². The van der Waals surface area contributed by atoms with Crippen molar-refractivity contribution in [3.05, 3.63) is 24.3 Å². The van der Waals surface area contributed by atoms with E-state index in [4.69, 9.17) is 14.6 Å². The summed E-state index contributed by atoms with van der Waals surface area (Å²) >= 11 is 0. The molecule has 1 rings (SSSR count). The van der Waals surface area contributed by atoms with Crippen molar-refractivity contribution in [2.75, 3.05) is 47.5 Å². The Morgan fingerprint density at radius 3 is 2.46 bits per heavy atom. The third-order valence-corrected chi connectivity index (χ3v) is 3.21. The van der Waals surface area contributed by atoms with Gasteiger partial charge in [-0.25, -0.2) is 0 Å². The summed E-state index contributed by atoms with van der Waals surface area (Å²) in [7, 11) is 6.14. The maximum atomic E-state index is 11.8. The summed E-state index contributed by atoms with van der Waals surface area (Å²) in [4.78, 5) is 4.09. The lowest BCUT2D eigenvalue weighted by Crippen LogP contribution is -2.38. The molecule has 0 amide bonds. The highest BCUT2D eigenvalue weighted by Gasteiger charge is 2.10. The molecule has 0 heterocycles. The van der Waals surface area contributed by atoms with Gasteiger partial charge in [-0.2, -0.15) is 0 Å². The molecule has 0 aromatic heterocycles. The SMILES string of the molecule is CCCOC[C@H]([OH2+])COc1ccc(N=C([O-])CC[N+](C)(C)C)cc1. The summed E-state index contributed by atoms with van der Waals surface area (Å²) in [5.41, 5.74) is 0.627. The average molecular weight is 339 g/mol. The normalized spacial score (nSPS) is 13.8. The quantitative estimate of drug-likeness (QED) is 0.199. The van der Waals surface area contributed by atoms with E-state index in [1.807, 2.05) is 28.1 Å². The zero-order valence-corrected chi connectivity index (χ0v) is 15.2. The lowest BCUT2D eigenvalue weighted by molar-refractivity contribution is -0.869. The van der Waals surface area contributed by atoms with Gasteiger partial charge in [0.25, 0.3) is 0 Å². The van der Waals surface area contributed by atoms with Crippen LogP contribution in [-0.4, -0.2) is 69.1 Å². The Hall–Kier alpha value is -1.63. The van der Waals surface area contributed by atoms with Gasteiger partial charge in [0.2, 0.25) is 6.10 Å². The van der Waals surface area contributed by atoms with Crippen LogP contribution in [-0.2, 0) is 4.74 Å². The summed E-state index contributed by atoms with van der Waals surface area (Å²) in [5.74, 6) is 0.552. The van der Waals surface area contributed by atoms with E-state index in [0.717, 1.165) is 17.4 Å². The highest BCUT2D eigenvalue weighted by atomic mass is 16.5. The molecule has 0 saturated heterocycles. The fourth-order valence-corrected chi connectivity index (χ4v) is 1.86. The Bertz CT molecular complexity index is 495. The van der Waals surface area contributed by atoms with E-state index in [-0.39, 0.29) is 12.5 Å². The number of hydrogen-bond acceptors (Lipinski definition) is 4. The molecule has 0 aliphatic carbocycles. The molecule has 0 bridgehead atoms. The highest BCUT2D eigenvalue weighted by Crippen LogP contribution is 2.18. The molecular weight excluding hydrogens is 308 g/mol. The number of benzene rings is 1. The van der Waals surface area contributed by atoms with Gasteiger partial charge >= 0.3 is 0 Å². The number of nitrogens with zero attached hydrogens (tertiary/aromatic N) is 2. The Kier molecular flexibility index (Phi) is 8.74. The van der Waals surface area contributed by atoms with Crippen LogP contribution >= 0.6 is 0 Å². The second-order valence-corrected chi connectivity index (χ2v) is 6.85. The Balaban J connectivity index is 2.42. The number of rotatable bonds is 11. The second kappa shape index (κ2) is 10.3. The van der Waals surface area contributed by atoms with Gasteiger partial charge in [-0.05, 0) is 36.6 Å². The molecule has 6 nitrogen and oxygen atoms in total. The zero-order chi connectivity index (χ0) is 18.0. The molecule has 6 heteroatoms. The van der Waals surface area contributed by atoms with E-state index in [9.17, 15) is 5.11 Å². The molecule has 0 unspecified atom stereocenters. The van der Waals surface area contributed by atoms with Crippen molar-refractivity contribution in [3.8, 4) is 5.75 Å². The first-order chi connectivity index (χ1) is 11.3. The van der Waals surface area contributed by atoms with E-state index in [1.165, 1.54) is 0 Å². The van der Waals surface area contributed by atoms with Crippen LogP contribution in [0.25, 0.3) is 0 Å². The van der Waals surface area contributed by atoms with E-state index >= 15 is 0 Å². The first kappa shape index (κ1) is 20.4. The zero-order valence-electron chi connectivity index (χ0n) is 15.2. The van der Waals surface area contributed by atoms with Crippen LogP contribution in [0.5, 0.6) is 5.75 Å². The van der Waals surface area contributed by atoms with Crippen LogP contribution in [0.1, 0.15) is 19.8 Å². The van der Waals surface area contributed by atoms with E-state index in [1.54, 1.807) is 24.3 Å². The third-order valence-electron chi connectivity index (χ3n) is 3.21. The van der Waals surface area contributed by atoms with Crippen LogP contribution in [0.4, 0.5) is 5.69 Å². The average Bonchev–Trinajstić information content (AvgIpc) is 2.52. The minimum Gasteiger partial charge on any atom is -0.862 e. The first-order valence-corrected chi connectivity index (χ1v) is 8.37. The van der Waals surface area contributed by atoms with Gasteiger partial charge in [-0.3, -0.25) is 4.99 Å². The predicted octanol–water partition coefficient (Wildman–Crippen LogP) is 1.07. The lowest BCUT2D eigenvalue weighted by atomic mass is 10.3. The van der Waals surface area contributed by atoms with Crippen LogP contribution in [0, 0.1) is 0 Å². The fourth-order valence-electron chi connectivity index (χ4n) is 1.86. The summed E-state index contributed by atoms with van der Waals surface area (Å²) < 4.78 is 11.6. The monoisotopic (exact) mass is 339 g/mol. The van der Waals surface area contributed by atoms with Gasteiger partial charge in [-0.15, -0.1) is 0 Å². The standard InChI is InChI=1S/C18H30N2O4/c1-5-12-23-13-16(21)14-24-17-8-6-15(7-9-17)19-18(22)10-11-20(2,3)4/h6-9,16,21H,5,10-14H2,1-4H3/p+1/t16-/m0/s1. The van der Waals surface area contributed by atoms with Crippen molar-refractivity contribution in [1.29, 1.82) is 0 Å². The molecule has 1 atom stereocenters. The van der Waals surface area contributed by atoms with Crippen molar-refractivity contribution < 1.29 is 24.2 Å². The summed E-state index contributed by atoms with van der Waals surface area (Å²) in [6, 6.07) is 7.05. The van der Waals surface area contributed by atoms with E-state index in [0.29, 0.717) is 31.1 Å². The van der Waals surface area contributed by atoms with Crippen molar-refractivity contribution >= 4 is 11.6 Å². The number of hydrogen-bond donors (Lipinski definition) is 0. The molecule has 0 saturated carbocycles. The van der Waals surface area contributed by atoms with Gasteiger partial charge in [0, 0.05) is 13.0 Å². The van der Waals surface area contributed by atoms with Crippen LogP contribution in [0.2, 0.25) is 0 Å². The van der Waals surface area contributed by atoms with Gasteiger partial charge < -0.3 is 24.2 Å². The predicted molar refractivity (Wildman–Crippen MR) is 95.1 cm³/mol. The molecule has 136 valence electrons. The molecule has 24 heavy (non-hydrogen) atoms. The van der Waals surface area contributed by atoms with Crippen molar-refractivity contribution in [1.82, 2.24) is 0 Å². The minimum absolute atomic E-state index is 0.115. The Morgan fingerprint density at radius 1 is 1.21 bits per heavy atom. The molecule has 0 radical (unpaired) electrons. The van der Waals surface area contributed by atoms with Crippen LogP contribution in [0.3, 0.4) is 0 Å². The molecule has 1 aromatic rings. The number of quaternary nitrogens is 1. The summed E-state index contributed by atoms with van der Waals surface area (Å²) in [5, 5.41) is 19.7. The molecule has 0 spiro atoms. The van der Waals surface area contributed by atoms with Crippen molar-refractivity contribution in [2.45, 2.75) is 25.9 Å². The fraction of sp³-hybridized carbons (Fsp3) is 0.611. The molecule has 1 aromatic carbocycles. The Labute approximate surface area is 144 Å². The van der Waals surface area contributed by atoms with Crippen molar-refractivity contribution in [3.63, 3.8) is 0 Å². The molecule has 2 N–H and O–H groups in total. The lowest BCUT2D eigenvalue weighted by Gasteiger charge is -2.25. The summed E-state index contributed by atoms with van der Waals surface area (Å²) in [6.07, 6.45) is 0.976. The maximum Gasteiger partial charge on any atom is 0.212 e. The second-order valence-electron chi connectivity index (χ2n) is 6.85. The van der Waals surface area contributed by atoms with E-state index < -0.39 is 6.10 Å². The van der Waals surface area contributed by atoms with Crippen LogP contribution < -0.4 is 9.84 Å². The molecule has 0 aliphatic rings. The molecule has 0 fully saturated rings. The number of aliphatic imine (C=N–C) groups is 1. The van der Waals surface area contributed by atoms with Gasteiger partial charge in [0.05, 0.1) is 33.4 Å².